The van der Waals surface area contributed by atoms with Gasteiger partial charge in [-0.05, 0) is 25.5 Å². The van der Waals surface area contributed by atoms with Crippen LogP contribution < -0.4 is 0 Å². The van der Waals surface area contributed by atoms with Crippen LogP contribution in [0, 0.1) is 6.92 Å². The van der Waals surface area contributed by atoms with Crippen molar-refractivity contribution in [1.82, 2.24) is 29.5 Å². The summed E-state index contributed by atoms with van der Waals surface area (Å²) in [6.45, 7) is 7.27. The summed E-state index contributed by atoms with van der Waals surface area (Å²) in [5.41, 5.74) is 2.95. The summed E-state index contributed by atoms with van der Waals surface area (Å²) in [6, 6.07) is 4.38. The molecule has 0 aliphatic carbocycles. The summed E-state index contributed by atoms with van der Waals surface area (Å²) in [6.07, 6.45) is 7.42. The highest BCUT2D eigenvalue weighted by atomic mass is 32.1. The summed E-state index contributed by atoms with van der Waals surface area (Å²) in [7, 11) is 1.88. The molecule has 1 fully saturated rings. The van der Waals surface area contributed by atoms with E-state index in [1.54, 1.807) is 17.1 Å². The number of rotatable bonds is 4. The number of pyridine rings is 1. The zero-order valence-electron chi connectivity index (χ0n) is 16.4. The third-order valence-electron chi connectivity index (χ3n) is 5.26. The SMILES string of the molecule is Cc1nc(-c2cnn(C)c2)sc1C(=O)N1CCN(C(C)c2cccnc2)CC1. The average molecular weight is 397 g/mol. The van der Waals surface area contributed by atoms with Crippen LogP contribution in [-0.2, 0) is 7.05 Å². The molecular formula is C20H24N6OS. The maximum absolute atomic E-state index is 13.1. The van der Waals surface area contributed by atoms with Gasteiger partial charge in [0, 0.05) is 63.4 Å². The van der Waals surface area contributed by atoms with Gasteiger partial charge in [-0.1, -0.05) is 6.07 Å². The van der Waals surface area contributed by atoms with Gasteiger partial charge in [0.05, 0.1) is 11.9 Å². The van der Waals surface area contributed by atoms with Crippen molar-refractivity contribution in [1.29, 1.82) is 0 Å². The summed E-state index contributed by atoms with van der Waals surface area (Å²) in [5, 5.41) is 5.04. The minimum Gasteiger partial charge on any atom is -0.335 e. The maximum atomic E-state index is 13.1. The normalized spacial score (nSPS) is 16.3. The maximum Gasteiger partial charge on any atom is 0.265 e. The Bertz CT molecular complexity index is 958. The molecule has 0 bridgehead atoms. The Balaban J connectivity index is 1.42. The molecule has 1 saturated heterocycles. The molecule has 3 aromatic rings. The van der Waals surface area contributed by atoms with Gasteiger partial charge in [-0.25, -0.2) is 4.98 Å². The molecule has 3 aromatic heterocycles. The minimum absolute atomic E-state index is 0.0822. The monoisotopic (exact) mass is 396 g/mol. The van der Waals surface area contributed by atoms with Gasteiger partial charge in [0.1, 0.15) is 9.88 Å². The van der Waals surface area contributed by atoms with Crippen LogP contribution in [0.4, 0.5) is 0 Å². The Morgan fingerprint density at radius 1 is 1.21 bits per heavy atom. The van der Waals surface area contributed by atoms with E-state index in [2.05, 4.69) is 33.0 Å². The van der Waals surface area contributed by atoms with Crippen LogP contribution >= 0.6 is 11.3 Å². The molecule has 0 spiro atoms. The topological polar surface area (TPSA) is 67.2 Å². The summed E-state index contributed by atoms with van der Waals surface area (Å²) in [4.78, 5) is 27.0. The molecule has 0 saturated carbocycles. The summed E-state index contributed by atoms with van der Waals surface area (Å²) >= 11 is 1.45. The highest BCUT2D eigenvalue weighted by molar-refractivity contribution is 7.17. The largest absolute Gasteiger partial charge is 0.335 e. The molecule has 146 valence electrons. The number of amides is 1. The van der Waals surface area contributed by atoms with Crippen molar-refractivity contribution < 1.29 is 4.79 Å². The van der Waals surface area contributed by atoms with E-state index < -0.39 is 0 Å². The van der Waals surface area contributed by atoms with Crippen molar-refractivity contribution in [3.63, 3.8) is 0 Å². The van der Waals surface area contributed by atoms with E-state index in [-0.39, 0.29) is 5.91 Å². The third-order valence-corrected chi connectivity index (χ3v) is 6.45. The quantitative estimate of drug-likeness (QED) is 0.678. The van der Waals surface area contributed by atoms with Crippen LogP contribution in [0.3, 0.4) is 0 Å². The molecule has 1 aliphatic heterocycles. The molecule has 0 N–H and O–H groups in total. The first-order valence-electron chi connectivity index (χ1n) is 9.42. The molecule has 4 heterocycles. The van der Waals surface area contributed by atoms with E-state index >= 15 is 0 Å². The molecule has 0 aromatic carbocycles. The molecule has 0 radical (unpaired) electrons. The predicted octanol–water partition coefficient (Wildman–Crippen LogP) is 2.77. The molecule has 28 heavy (non-hydrogen) atoms. The third kappa shape index (κ3) is 3.70. The fraction of sp³-hybridized carbons (Fsp3) is 0.400. The zero-order valence-corrected chi connectivity index (χ0v) is 17.2. The van der Waals surface area contributed by atoms with E-state index in [9.17, 15) is 4.79 Å². The molecule has 1 atom stereocenters. The number of hydrogen-bond acceptors (Lipinski definition) is 6. The van der Waals surface area contributed by atoms with E-state index in [0.717, 1.165) is 47.3 Å². The van der Waals surface area contributed by atoms with Gasteiger partial charge in [0.25, 0.3) is 5.91 Å². The van der Waals surface area contributed by atoms with Gasteiger partial charge in [0.15, 0.2) is 0 Å². The van der Waals surface area contributed by atoms with Crippen molar-refractivity contribution in [3.05, 3.63) is 53.1 Å². The van der Waals surface area contributed by atoms with Gasteiger partial charge in [-0.15, -0.1) is 11.3 Å². The molecule has 1 amide bonds. The first-order valence-corrected chi connectivity index (χ1v) is 10.2. The summed E-state index contributed by atoms with van der Waals surface area (Å²) in [5.74, 6) is 0.0822. The van der Waals surface area contributed by atoms with Gasteiger partial charge in [-0.3, -0.25) is 19.4 Å². The van der Waals surface area contributed by atoms with Gasteiger partial charge in [-0.2, -0.15) is 5.10 Å². The van der Waals surface area contributed by atoms with Gasteiger partial charge >= 0.3 is 0 Å². The first kappa shape index (κ1) is 18.8. The first-order chi connectivity index (χ1) is 13.5. The van der Waals surface area contributed by atoms with Crippen molar-refractivity contribution in [2.75, 3.05) is 26.2 Å². The molecule has 1 unspecified atom stereocenters. The fourth-order valence-corrected chi connectivity index (χ4v) is 4.55. The lowest BCUT2D eigenvalue weighted by atomic mass is 10.1. The Labute approximate surface area is 168 Å². The second kappa shape index (κ2) is 7.81. The van der Waals surface area contributed by atoms with Crippen LogP contribution in [0.2, 0.25) is 0 Å². The number of aromatic nitrogens is 4. The number of thiazole rings is 1. The van der Waals surface area contributed by atoms with Crippen molar-refractivity contribution in [3.8, 4) is 10.6 Å². The minimum atomic E-state index is 0.0822. The molecule has 8 heteroatoms. The Hall–Kier alpha value is -2.58. The molecule has 7 nitrogen and oxygen atoms in total. The van der Waals surface area contributed by atoms with Crippen LogP contribution in [0.5, 0.6) is 0 Å². The molecule has 4 rings (SSSR count). The standard InChI is InChI=1S/C20H24N6OS/c1-14-18(28-19(23-14)17-12-22-24(3)13-17)20(27)26-9-7-25(8-10-26)15(2)16-5-4-6-21-11-16/h4-6,11-13,15H,7-10H2,1-3H3. The number of piperazine rings is 1. The van der Waals surface area contributed by atoms with E-state index in [0.29, 0.717) is 6.04 Å². The molecular weight excluding hydrogens is 372 g/mol. The Morgan fingerprint density at radius 3 is 2.64 bits per heavy atom. The second-order valence-electron chi connectivity index (χ2n) is 7.13. The van der Waals surface area contributed by atoms with Crippen molar-refractivity contribution in [2.45, 2.75) is 19.9 Å². The lowest BCUT2D eigenvalue weighted by Crippen LogP contribution is -2.49. The van der Waals surface area contributed by atoms with E-state index in [1.165, 1.54) is 16.9 Å². The van der Waals surface area contributed by atoms with Crippen LogP contribution in [-0.4, -0.2) is 61.6 Å². The smallest absolute Gasteiger partial charge is 0.265 e. The van der Waals surface area contributed by atoms with Crippen molar-refractivity contribution >= 4 is 17.2 Å². The van der Waals surface area contributed by atoms with E-state index in [4.69, 9.17) is 0 Å². The number of hydrogen-bond donors (Lipinski definition) is 0. The predicted molar refractivity (Wildman–Crippen MR) is 109 cm³/mol. The van der Waals surface area contributed by atoms with E-state index in [1.807, 2.05) is 37.3 Å². The highest BCUT2D eigenvalue weighted by Crippen LogP contribution is 2.29. The lowest BCUT2D eigenvalue weighted by molar-refractivity contribution is 0.0585. The Kier molecular flexibility index (Phi) is 5.23. The van der Waals surface area contributed by atoms with Crippen LogP contribution in [0.1, 0.15) is 33.9 Å². The van der Waals surface area contributed by atoms with Crippen LogP contribution in [0.15, 0.2) is 36.9 Å². The highest BCUT2D eigenvalue weighted by Gasteiger charge is 2.28. The van der Waals surface area contributed by atoms with Crippen LogP contribution in [0.25, 0.3) is 10.6 Å². The summed E-state index contributed by atoms with van der Waals surface area (Å²) < 4.78 is 1.75. The number of carbonyl (C=O) groups excluding carboxylic acids is 1. The second-order valence-corrected chi connectivity index (χ2v) is 8.13. The number of carbonyl (C=O) groups is 1. The fourth-order valence-electron chi connectivity index (χ4n) is 3.54. The molecule has 1 aliphatic rings. The lowest BCUT2D eigenvalue weighted by Gasteiger charge is -2.38. The number of nitrogens with zero attached hydrogens (tertiary/aromatic N) is 6. The zero-order chi connectivity index (χ0) is 19.7. The average Bonchev–Trinajstić information content (AvgIpc) is 3.33. The van der Waals surface area contributed by atoms with Gasteiger partial charge < -0.3 is 4.90 Å². The van der Waals surface area contributed by atoms with Crippen molar-refractivity contribution in [2.24, 2.45) is 7.05 Å². The number of aryl methyl sites for hydroxylation is 2. The van der Waals surface area contributed by atoms with Gasteiger partial charge in [0.2, 0.25) is 0 Å². The Morgan fingerprint density at radius 2 is 2.00 bits per heavy atom.